The second-order valence-electron chi connectivity index (χ2n) is 16.6. The molecular weight excluding hydrogens is 789 g/mol. The fourth-order valence-electron chi connectivity index (χ4n) is 9.51. The zero-order chi connectivity index (χ0) is 42.0. The molecule has 0 spiro atoms. The number of amides is 3. The molecule has 1 aromatic carbocycles. The van der Waals surface area contributed by atoms with Gasteiger partial charge < -0.3 is 20.0 Å². The lowest BCUT2D eigenvalue weighted by atomic mass is 9.85. The Balaban J connectivity index is 0.800. The molecule has 4 fully saturated rings. The van der Waals surface area contributed by atoms with Gasteiger partial charge in [0.15, 0.2) is 11.3 Å². The van der Waals surface area contributed by atoms with Crippen molar-refractivity contribution in [3.8, 4) is 0 Å². The fraction of sp³-hybridized carbons (Fsp3) is 0.525. The number of hydrogen-bond donors (Lipinski definition) is 2. The lowest BCUT2D eigenvalue weighted by molar-refractivity contribution is -0.135. The summed E-state index contributed by atoms with van der Waals surface area (Å²) in [4.78, 5) is 61.8. The van der Waals surface area contributed by atoms with Gasteiger partial charge in [0, 0.05) is 51.5 Å². The Morgan fingerprint density at radius 2 is 1.77 bits per heavy atom. The molecular formula is C40H46F4N12O4. The van der Waals surface area contributed by atoms with E-state index in [4.69, 9.17) is 0 Å². The van der Waals surface area contributed by atoms with Crippen LogP contribution in [0.2, 0.25) is 0 Å². The van der Waals surface area contributed by atoms with E-state index in [1.807, 2.05) is 18.2 Å². The van der Waals surface area contributed by atoms with Crippen LogP contribution in [-0.4, -0.2) is 108 Å². The van der Waals surface area contributed by atoms with Crippen LogP contribution in [0.1, 0.15) is 85.9 Å². The standard InChI is InChI=1S/C40H46F4N12O4/c1-50(24-12-15-52(16-13-24)28-4-3-5-29-34(28)51(2)39(60)56(29)30-10-11-32(57)48-38(30)59)19-23-6-8-25(9-7-23)55-20-27(33(49-55)35(41)42)46-37(58)26-18-45-54-17-14-31(47-36(26)54)53-21-40(43,44)22-53/h3-5,14,17-18,20,23-25,30,35H,6-13,15-16,19,21-22H2,1-2H3,(H,46,58)(H,48,57,59). The highest BCUT2D eigenvalue weighted by molar-refractivity contribution is 6.08. The molecule has 4 aromatic heterocycles. The van der Waals surface area contributed by atoms with Gasteiger partial charge in [0.05, 0.1) is 47.7 Å². The molecule has 3 amide bonds. The minimum atomic E-state index is -2.93. The number of carbonyl (C=O) groups is 3. The number of alkyl halides is 4. The number of fused-ring (bicyclic) bond motifs is 2. The summed E-state index contributed by atoms with van der Waals surface area (Å²) in [6.07, 6.45) is 6.86. The van der Waals surface area contributed by atoms with E-state index in [1.54, 1.807) is 16.3 Å². The number of nitrogens with one attached hydrogen (secondary N) is 2. The number of aromatic nitrogens is 7. The van der Waals surface area contributed by atoms with E-state index in [-0.39, 0.29) is 53.2 Å². The molecule has 16 nitrogen and oxygen atoms in total. The number of piperidine rings is 2. The molecule has 4 aliphatic rings. The maximum Gasteiger partial charge on any atom is 0.329 e. The molecule has 9 rings (SSSR count). The van der Waals surface area contributed by atoms with E-state index in [9.17, 15) is 36.7 Å². The van der Waals surface area contributed by atoms with Crippen LogP contribution in [0.25, 0.3) is 16.7 Å². The third-order valence-electron chi connectivity index (χ3n) is 12.8. The van der Waals surface area contributed by atoms with Crippen molar-refractivity contribution < 1.29 is 31.9 Å². The van der Waals surface area contributed by atoms with Gasteiger partial charge in [0.2, 0.25) is 11.8 Å². The van der Waals surface area contributed by atoms with Crippen LogP contribution in [-0.2, 0) is 16.6 Å². The first-order chi connectivity index (χ1) is 28.7. The van der Waals surface area contributed by atoms with Crippen molar-refractivity contribution in [1.82, 2.24) is 43.7 Å². The maximum absolute atomic E-state index is 14.2. The molecule has 1 saturated carbocycles. The van der Waals surface area contributed by atoms with Crippen molar-refractivity contribution in [3.63, 3.8) is 0 Å². The summed E-state index contributed by atoms with van der Waals surface area (Å²) < 4.78 is 61.4. The van der Waals surface area contributed by atoms with E-state index >= 15 is 0 Å². The zero-order valence-electron chi connectivity index (χ0n) is 33.2. The average molecular weight is 835 g/mol. The molecule has 3 aliphatic heterocycles. The topological polar surface area (TPSA) is 160 Å². The van der Waals surface area contributed by atoms with Crippen molar-refractivity contribution >= 4 is 51.6 Å². The van der Waals surface area contributed by atoms with Crippen molar-refractivity contribution in [1.29, 1.82) is 0 Å². The second kappa shape index (κ2) is 15.3. The Bertz CT molecular complexity index is 2520. The first-order valence-corrected chi connectivity index (χ1v) is 20.4. The lowest BCUT2D eigenvalue weighted by Crippen LogP contribution is -2.56. The molecule has 0 bridgehead atoms. The summed E-state index contributed by atoms with van der Waals surface area (Å²) in [7, 11) is 3.87. The second-order valence-corrected chi connectivity index (χ2v) is 16.6. The van der Waals surface area contributed by atoms with Gasteiger partial charge in [-0.05, 0) is 76.1 Å². The smallest absolute Gasteiger partial charge is 0.329 e. The molecule has 1 aliphatic carbocycles. The van der Waals surface area contributed by atoms with E-state index in [0.717, 1.165) is 69.4 Å². The number of rotatable bonds is 10. The van der Waals surface area contributed by atoms with Crippen molar-refractivity contribution in [2.45, 2.75) is 81.8 Å². The monoisotopic (exact) mass is 834 g/mol. The number of nitrogens with zero attached hydrogens (tertiary/aromatic N) is 10. The highest BCUT2D eigenvalue weighted by atomic mass is 19.3. The predicted octanol–water partition coefficient (Wildman–Crippen LogP) is 4.53. The Morgan fingerprint density at radius 3 is 2.47 bits per heavy atom. The first kappa shape index (κ1) is 39.7. The Kier molecular flexibility index (Phi) is 10.1. The quantitative estimate of drug-likeness (QED) is 0.151. The number of benzene rings is 1. The minimum absolute atomic E-state index is 0.0124. The van der Waals surface area contributed by atoms with Gasteiger partial charge in [-0.3, -0.25) is 33.5 Å². The van der Waals surface area contributed by atoms with Gasteiger partial charge >= 0.3 is 5.69 Å². The first-order valence-electron chi connectivity index (χ1n) is 20.4. The molecule has 20 heteroatoms. The van der Waals surface area contributed by atoms with E-state index in [2.05, 4.69) is 42.7 Å². The SMILES string of the molecule is CN(CC1CCC(n2cc(NC(=O)c3cnn4ccc(N5CC(F)(F)C5)nc34)c(C(F)F)n2)CC1)C1CCN(c2cccc3c2n(C)c(=O)n3C2CCC(=O)NC2=O)CC1. The Hall–Kier alpha value is -5.79. The minimum Gasteiger partial charge on any atom is -0.370 e. The number of para-hydroxylation sites is 1. The van der Waals surface area contributed by atoms with Crippen LogP contribution in [0, 0.1) is 5.92 Å². The van der Waals surface area contributed by atoms with Gasteiger partial charge in [0.25, 0.3) is 18.3 Å². The number of carbonyl (C=O) groups excluding carboxylic acids is 3. The van der Waals surface area contributed by atoms with E-state index in [0.29, 0.717) is 17.5 Å². The number of imidazole rings is 1. The molecule has 1 atom stereocenters. The van der Waals surface area contributed by atoms with Gasteiger partial charge in [-0.2, -0.15) is 10.2 Å². The van der Waals surface area contributed by atoms with Crippen molar-refractivity contribution in [2.24, 2.45) is 13.0 Å². The molecule has 2 N–H and O–H groups in total. The summed E-state index contributed by atoms with van der Waals surface area (Å²) in [6, 6.07) is 6.79. The zero-order valence-corrected chi connectivity index (χ0v) is 33.2. The molecule has 0 radical (unpaired) electrons. The van der Waals surface area contributed by atoms with Gasteiger partial charge in [-0.15, -0.1) is 0 Å². The predicted molar refractivity (Wildman–Crippen MR) is 213 cm³/mol. The van der Waals surface area contributed by atoms with Crippen molar-refractivity contribution in [2.75, 3.05) is 54.9 Å². The molecule has 60 heavy (non-hydrogen) atoms. The molecule has 318 valence electrons. The summed E-state index contributed by atoms with van der Waals surface area (Å²) in [5.74, 6) is -3.63. The molecule has 3 saturated heterocycles. The summed E-state index contributed by atoms with van der Waals surface area (Å²) in [6.45, 7) is 1.50. The van der Waals surface area contributed by atoms with Crippen LogP contribution in [0.3, 0.4) is 0 Å². The van der Waals surface area contributed by atoms with Crippen LogP contribution >= 0.6 is 0 Å². The lowest BCUT2D eigenvalue weighted by Gasteiger charge is -2.40. The van der Waals surface area contributed by atoms with Gasteiger partial charge in [-0.1, -0.05) is 6.07 Å². The number of halogens is 4. The van der Waals surface area contributed by atoms with Crippen molar-refractivity contribution in [3.05, 3.63) is 64.6 Å². The number of aryl methyl sites for hydroxylation is 1. The number of hydrogen-bond acceptors (Lipinski definition) is 10. The highest BCUT2D eigenvalue weighted by Crippen LogP contribution is 2.37. The Morgan fingerprint density at radius 1 is 1.02 bits per heavy atom. The Labute approximate surface area is 341 Å². The summed E-state index contributed by atoms with van der Waals surface area (Å²) in [5.41, 5.74) is 1.57. The maximum atomic E-state index is 14.2. The molecule has 5 aromatic rings. The molecule has 7 heterocycles. The van der Waals surface area contributed by atoms with Crippen LogP contribution in [0.5, 0.6) is 0 Å². The van der Waals surface area contributed by atoms with Gasteiger partial charge in [0.1, 0.15) is 17.4 Å². The number of imide groups is 1. The van der Waals surface area contributed by atoms with Crippen LogP contribution in [0.15, 0.2) is 47.7 Å². The van der Waals surface area contributed by atoms with Crippen LogP contribution in [0.4, 0.5) is 34.8 Å². The number of anilines is 3. The summed E-state index contributed by atoms with van der Waals surface area (Å²) in [5, 5.41) is 13.3. The van der Waals surface area contributed by atoms with Crippen LogP contribution < -0.4 is 26.1 Å². The summed E-state index contributed by atoms with van der Waals surface area (Å²) >= 11 is 0. The molecule has 1 unspecified atom stereocenters. The van der Waals surface area contributed by atoms with E-state index < -0.39 is 49.0 Å². The largest absolute Gasteiger partial charge is 0.370 e. The fourth-order valence-corrected chi connectivity index (χ4v) is 9.51. The third kappa shape index (κ3) is 7.27. The third-order valence-corrected chi connectivity index (χ3v) is 12.8. The highest BCUT2D eigenvalue weighted by Gasteiger charge is 2.44. The normalized spacial score (nSPS) is 22.6. The van der Waals surface area contributed by atoms with E-state index in [1.165, 1.54) is 38.6 Å². The average Bonchev–Trinajstić information content (AvgIpc) is 3.91. The van der Waals surface area contributed by atoms with Gasteiger partial charge in [-0.25, -0.2) is 31.9 Å².